The molecule has 8 aromatic carbocycles. The van der Waals surface area contributed by atoms with Crippen LogP contribution in [0.1, 0.15) is 42.7 Å². The van der Waals surface area contributed by atoms with Gasteiger partial charge in [0.25, 0.3) is 0 Å². The Balaban J connectivity index is 1.05. The summed E-state index contributed by atoms with van der Waals surface area (Å²) in [6, 6.07) is 60.5. The average molecular weight is 706 g/mol. The molecule has 11 rings (SSSR count). The van der Waals surface area contributed by atoms with Gasteiger partial charge in [0, 0.05) is 33.3 Å². The van der Waals surface area contributed by atoms with E-state index in [0.29, 0.717) is 0 Å². The highest BCUT2D eigenvalue weighted by Crippen LogP contribution is 2.54. The van der Waals surface area contributed by atoms with Crippen LogP contribution in [0.15, 0.2) is 174 Å². The van der Waals surface area contributed by atoms with Crippen LogP contribution in [-0.4, -0.2) is 0 Å². The minimum absolute atomic E-state index is 0.0987. The van der Waals surface area contributed by atoms with Gasteiger partial charge in [-0.15, -0.1) is 0 Å². The third-order valence-electron chi connectivity index (χ3n) is 12.1. The van der Waals surface area contributed by atoms with Crippen LogP contribution < -0.4 is 4.90 Å². The van der Waals surface area contributed by atoms with Crippen molar-refractivity contribution in [3.8, 4) is 33.4 Å². The Hall–Kier alpha value is -6.64. The van der Waals surface area contributed by atoms with Crippen molar-refractivity contribution >= 4 is 55.7 Å². The Morgan fingerprint density at radius 3 is 2.16 bits per heavy atom. The fourth-order valence-electron chi connectivity index (χ4n) is 9.34. The van der Waals surface area contributed by atoms with Gasteiger partial charge < -0.3 is 9.32 Å². The van der Waals surface area contributed by atoms with Gasteiger partial charge in [-0.05, 0) is 128 Å². The molecule has 0 spiro atoms. The van der Waals surface area contributed by atoms with E-state index in [0.717, 1.165) is 35.6 Å². The molecule has 0 aliphatic heterocycles. The lowest BCUT2D eigenvalue weighted by Crippen LogP contribution is -2.16. The summed E-state index contributed by atoms with van der Waals surface area (Å²) in [6.45, 7) is 4.71. The highest BCUT2D eigenvalue weighted by Gasteiger charge is 2.37. The van der Waals surface area contributed by atoms with Gasteiger partial charge in [-0.25, -0.2) is 0 Å². The summed E-state index contributed by atoms with van der Waals surface area (Å²) in [5.41, 5.74) is 15.8. The largest absolute Gasteiger partial charge is 0.456 e. The van der Waals surface area contributed by atoms with Crippen LogP contribution in [0.2, 0.25) is 0 Å². The molecular weight excluding hydrogens is 667 g/mol. The lowest BCUT2D eigenvalue weighted by molar-refractivity contribution is 0.595. The van der Waals surface area contributed by atoms with Gasteiger partial charge in [-0.3, -0.25) is 0 Å². The van der Waals surface area contributed by atoms with Crippen LogP contribution in [0, 0.1) is 0 Å². The molecule has 2 aliphatic carbocycles. The van der Waals surface area contributed by atoms with Crippen molar-refractivity contribution in [1.29, 1.82) is 0 Å². The topological polar surface area (TPSA) is 16.4 Å². The quantitative estimate of drug-likeness (QED) is 0.177. The van der Waals surface area contributed by atoms with Crippen molar-refractivity contribution in [3.63, 3.8) is 0 Å². The van der Waals surface area contributed by atoms with E-state index in [1.54, 1.807) is 0 Å². The van der Waals surface area contributed by atoms with E-state index >= 15 is 0 Å². The van der Waals surface area contributed by atoms with Crippen LogP contribution in [-0.2, 0) is 11.8 Å². The van der Waals surface area contributed by atoms with Crippen LogP contribution in [0.3, 0.4) is 0 Å². The first-order valence-corrected chi connectivity index (χ1v) is 19.4. The van der Waals surface area contributed by atoms with Crippen LogP contribution in [0.25, 0.3) is 72.0 Å². The second-order valence-corrected chi connectivity index (χ2v) is 15.6. The molecule has 9 aromatic rings. The van der Waals surface area contributed by atoms with Crippen molar-refractivity contribution in [2.24, 2.45) is 0 Å². The molecule has 0 unspecified atom stereocenters. The van der Waals surface area contributed by atoms with Crippen molar-refractivity contribution < 1.29 is 4.42 Å². The summed E-state index contributed by atoms with van der Waals surface area (Å²) in [6.07, 6.45) is 6.43. The third-order valence-corrected chi connectivity index (χ3v) is 12.1. The van der Waals surface area contributed by atoms with Gasteiger partial charge in [0.1, 0.15) is 11.3 Å². The highest BCUT2D eigenvalue weighted by molar-refractivity contribution is 6.09. The minimum atomic E-state index is -0.0987. The van der Waals surface area contributed by atoms with Gasteiger partial charge in [0.05, 0.1) is 5.69 Å². The SMILES string of the molecule is CC1(C)c2ccccc2-c2c(N(c3ccc(-c4ccc5c(ccc6oc7c(c65)CCC=C7)c4)cc3)c3cccc(-c4ccc5ccccc5c4)c3)cccc21. The molecule has 0 N–H and O–H groups in total. The number of fused-ring (bicyclic) bond motifs is 9. The molecule has 2 nitrogen and oxygen atoms in total. The van der Waals surface area contributed by atoms with E-state index in [1.807, 2.05) is 0 Å². The molecule has 2 aliphatic rings. The summed E-state index contributed by atoms with van der Waals surface area (Å²) >= 11 is 0. The first-order chi connectivity index (χ1) is 27.0. The molecule has 1 aromatic heterocycles. The number of furan rings is 1. The number of rotatable bonds is 5. The van der Waals surface area contributed by atoms with Gasteiger partial charge in [0.15, 0.2) is 0 Å². The first kappa shape index (κ1) is 31.8. The Morgan fingerprint density at radius 2 is 1.25 bits per heavy atom. The van der Waals surface area contributed by atoms with Crippen LogP contribution >= 0.6 is 0 Å². The molecule has 0 saturated carbocycles. The van der Waals surface area contributed by atoms with Gasteiger partial charge >= 0.3 is 0 Å². The smallest absolute Gasteiger partial charge is 0.135 e. The number of nitrogens with zero attached hydrogens (tertiary/aromatic N) is 1. The Bertz CT molecular complexity index is 3010. The molecule has 0 radical (unpaired) electrons. The standard InChI is InChI=1S/C53H39NO/c1-53(2)46-17-7-5-15-44(46)52-47(53)18-10-19-48(52)54(42-14-9-13-37(33-42)39-22-21-34-11-3-4-12-36(34)31-39)41-27-23-35(24-28-41)38-25-29-43-40(32-38)26-30-50-51(43)45-16-6-8-20-49(45)55-50/h3-5,7-15,17-33H,6,16H2,1-2H3. The molecule has 0 atom stereocenters. The zero-order valence-electron chi connectivity index (χ0n) is 31.0. The molecule has 1 heterocycles. The highest BCUT2D eigenvalue weighted by atomic mass is 16.3. The summed E-state index contributed by atoms with van der Waals surface area (Å²) < 4.78 is 6.24. The molecule has 0 saturated heterocycles. The molecule has 262 valence electrons. The van der Waals surface area contributed by atoms with E-state index in [4.69, 9.17) is 4.42 Å². The monoisotopic (exact) mass is 705 g/mol. The van der Waals surface area contributed by atoms with E-state index in [9.17, 15) is 0 Å². The van der Waals surface area contributed by atoms with Crippen molar-refractivity contribution in [3.05, 3.63) is 192 Å². The lowest BCUT2D eigenvalue weighted by Gasteiger charge is -2.29. The lowest BCUT2D eigenvalue weighted by atomic mass is 9.82. The predicted octanol–water partition coefficient (Wildman–Crippen LogP) is 14.8. The summed E-state index contributed by atoms with van der Waals surface area (Å²) in [5, 5.41) is 6.26. The van der Waals surface area contributed by atoms with Crippen LogP contribution in [0.5, 0.6) is 0 Å². The van der Waals surface area contributed by atoms with Crippen LogP contribution in [0.4, 0.5) is 17.1 Å². The average Bonchev–Trinajstić information content (AvgIpc) is 3.73. The second-order valence-electron chi connectivity index (χ2n) is 15.6. The number of benzene rings is 8. The minimum Gasteiger partial charge on any atom is -0.456 e. The maximum absolute atomic E-state index is 6.24. The first-order valence-electron chi connectivity index (χ1n) is 19.4. The molecular formula is C53H39NO. The zero-order chi connectivity index (χ0) is 36.7. The number of hydrogen-bond acceptors (Lipinski definition) is 2. The van der Waals surface area contributed by atoms with E-state index in [1.165, 1.54) is 82.7 Å². The van der Waals surface area contributed by atoms with Gasteiger partial charge in [-0.1, -0.05) is 135 Å². The second kappa shape index (κ2) is 12.2. The summed E-state index contributed by atoms with van der Waals surface area (Å²) in [5.74, 6) is 1.01. The summed E-state index contributed by atoms with van der Waals surface area (Å²) in [7, 11) is 0. The van der Waals surface area contributed by atoms with E-state index in [-0.39, 0.29) is 5.41 Å². The number of anilines is 3. The predicted molar refractivity (Wildman–Crippen MR) is 232 cm³/mol. The van der Waals surface area contributed by atoms with Gasteiger partial charge in [-0.2, -0.15) is 0 Å². The zero-order valence-corrected chi connectivity index (χ0v) is 31.0. The fourth-order valence-corrected chi connectivity index (χ4v) is 9.34. The molecule has 0 amide bonds. The van der Waals surface area contributed by atoms with E-state index in [2.05, 4.69) is 195 Å². The molecule has 0 bridgehead atoms. The van der Waals surface area contributed by atoms with Crippen molar-refractivity contribution in [2.75, 3.05) is 4.90 Å². The maximum Gasteiger partial charge on any atom is 0.135 e. The Morgan fingerprint density at radius 1 is 0.545 bits per heavy atom. The van der Waals surface area contributed by atoms with Gasteiger partial charge in [0.2, 0.25) is 0 Å². The normalized spacial score (nSPS) is 13.9. The molecule has 2 heteroatoms. The number of allylic oxidation sites excluding steroid dienone is 1. The Labute approximate surface area is 321 Å². The third kappa shape index (κ3) is 5.02. The molecule has 55 heavy (non-hydrogen) atoms. The summed E-state index contributed by atoms with van der Waals surface area (Å²) in [4.78, 5) is 2.46. The van der Waals surface area contributed by atoms with E-state index < -0.39 is 0 Å². The number of hydrogen-bond donors (Lipinski definition) is 0. The van der Waals surface area contributed by atoms with Crippen molar-refractivity contribution in [1.82, 2.24) is 0 Å². The fraction of sp³-hybridized carbons (Fsp3) is 0.0943. The van der Waals surface area contributed by atoms with Crippen molar-refractivity contribution in [2.45, 2.75) is 32.1 Å². The number of aryl methyl sites for hydroxylation is 1. The Kier molecular flexibility index (Phi) is 7.06. The molecule has 0 fully saturated rings. The maximum atomic E-state index is 6.24.